The van der Waals surface area contributed by atoms with Crippen LogP contribution in [0.4, 0.5) is 5.82 Å². The first-order chi connectivity index (χ1) is 8.78. The molecule has 1 saturated heterocycles. The zero-order valence-corrected chi connectivity index (χ0v) is 11.2. The van der Waals surface area contributed by atoms with Gasteiger partial charge in [0.1, 0.15) is 5.82 Å². The van der Waals surface area contributed by atoms with E-state index in [4.69, 9.17) is 5.11 Å². The summed E-state index contributed by atoms with van der Waals surface area (Å²) in [4.78, 5) is 13.3. The average Bonchev–Trinajstić information content (AvgIpc) is 2.90. The van der Waals surface area contributed by atoms with E-state index in [2.05, 4.69) is 33.6 Å². The molecule has 1 aromatic heterocycles. The Bertz CT molecular complexity index is 364. The minimum absolute atomic E-state index is 0.0463. The first kappa shape index (κ1) is 13.2. The summed E-state index contributed by atoms with van der Waals surface area (Å²) in [5, 5.41) is 8.95. The van der Waals surface area contributed by atoms with Gasteiger partial charge in [-0.2, -0.15) is 0 Å². The second kappa shape index (κ2) is 6.11. The second-order valence-corrected chi connectivity index (χ2v) is 4.63. The highest BCUT2D eigenvalue weighted by atomic mass is 16.3. The fourth-order valence-corrected chi connectivity index (χ4v) is 2.58. The SMILES string of the molecule is CCN(CC)C1CCN(c2cnc(CO)cn2)C1. The molecule has 5 heteroatoms. The van der Waals surface area contributed by atoms with Crippen LogP contribution in [0.5, 0.6) is 0 Å². The predicted octanol–water partition coefficient (Wildman–Crippen LogP) is 0.889. The number of rotatable bonds is 5. The molecule has 1 atom stereocenters. The lowest BCUT2D eigenvalue weighted by atomic mass is 10.2. The van der Waals surface area contributed by atoms with Crippen LogP contribution in [0, 0.1) is 0 Å². The Morgan fingerprint density at radius 2 is 2.11 bits per heavy atom. The molecular weight excluding hydrogens is 228 g/mol. The molecule has 2 rings (SSSR count). The van der Waals surface area contributed by atoms with Crippen molar-refractivity contribution in [2.24, 2.45) is 0 Å². The van der Waals surface area contributed by atoms with Crippen molar-refractivity contribution >= 4 is 5.82 Å². The normalized spacial score (nSPS) is 19.8. The largest absolute Gasteiger partial charge is 0.390 e. The topological polar surface area (TPSA) is 52.5 Å². The Labute approximate surface area is 108 Å². The summed E-state index contributed by atoms with van der Waals surface area (Å²) >= 11 is 0. The van der Waals surface area contributed by atoms with Crippen molar-refractivity contribution in [1.29, 1.82) is 0 Å². The maximum absolute atomic E-state index is 8.95. The van der Waals surface area contributed by atoms with Gasteiger partial charge in [-0.3, -0.25) is 9.88 Å². The second-order valence-electron chi connectivity index (χ2n) is 4.63. The molecule has 0 aromatic carbocycles. The summed E-state index contributed by atoms with van der Waals surface area (Å²) in [6.45, 7) is 8.64. The van der Waals surface area contributed by atoms with Crippen LogP contribution in [-0.2, 0) is 6.61 Å². The van der Waals surface area contributed by atoms with E-state index in [0.29, 0.717) is 11.7 Å². The molecule has 1 unspecified atom stereocenters. The molecule has 100 valence electrons. The molecule has 0 radical (unpaired) electrons. The molecule has 1 aromatic rings. The van der Waals surface area contributed by atoms with Gasteiger partial charge in [0.2, 0.25) is 0 Å². The van der Waals surface area contributed by atoms with Crippen LogP contribution < -0.4 is 4.90 Å². The lowest BCUT2D eigenvalue weighted by Gasteiger charge is -2.26. The summed E-state index contributed by atoms with van der Waals surface area (Å²) in [6, 6.07) is 0.624. The lowest BCUT2D eigenvalue weighted by Crippen LogP contribution is -2.37. The molecule has 1 N–H and O–H groups in total. The monoisotopic (exact) mass is 250 g/mol. The van der Waals surface area contributed by atoms with Gasteiger partial charge in [0, 0.05) is 19.1 Å². The van der Waals surface area contributed by atoms with Crippen LogP contribution in [0.15, 0.2) is 12.4 Å². The molecule has 0 saturated carbocycles. The van der Waals surface area contributed by atoms with Gasteiger partial charge in [0.05, 0.1) is 24.7 Å². The van der Waals surface area contributed by atoms with Gasteiger partial charge in [0.25, 0.3) is 0 Å². The number of aliphatic hydroxyl groups is 1. The molecule has 1 fully saturated rings. The quantitative estimate of drug-likeness (QED) is 0.841. The molecule has 0 bridgehead atoms. The highest BCUT2D eigenvalue weighted by molar-refractivity contribution is 5.37. The van der Waals surface area contributed by atoms with Crippen molar-refractivity contribution in [3.05, 3.63) is 18.1 Å². The van der Waals surface area contributed by atoms with Gasteiger partial charge in [0.15, 0.2) is 0 Å². The number of likely N-dealkylation sites (N-methyl/N-ethyl adjacent to an activating group) is 1. The van der Waals surface area contributed by atoms with Crippen LogP contribution in [-0.4, -0.2) is 52.2 Å². The van der Waals surface area contributed by atoms with E-state index in [-0.39, 0.29) is 6.61 Å². The van der Waals surface area contributed by atoms with Crippen LogP contribution >= 0.6 is 0 Å². The molecule has 5 nitrogen and oxygen atoms in total. The van der Waals surface area contributed by atoms with Gasteiger partial charge in [-0.15, -0.1) is 0 Å². The van der Waals surface area contributed by atoms with Crippen LogP contribution in [0.3, 0.4) is 0 Å². The third kappa shape index (κ3) is 2.79. The van der Waals surface area contributed by atoms with Gasteiger partial charge in [-0.25, -0.2) is 4.98 Å². The zero-order valence-electron chi connectivity index (χ0n) is 11.2. The number of aromatic nitrogens is 2. The van der Waals surface area contributed by atoms with Gasteiger partial charge in [-0.1, -0.05) is 13.8 Å². The van der Waals surface area contributed by atoms with Crippen molar-refractivity contribution in [2.75, 3.05) is 31.1 Å². The Kier molecular flexibility index (Phi) is 4.49. The Hall–Kier alpha value is -1.20. The first-order valence-electron chi connectivity index (χ1n) is 6.69. The Morgan fingerprint density at radius 1 is 1.33 bits per heavy atom. The van der Waals surface area contributed by atoms with Crippen molar-refractivity contribution in [2.45, 2.75) is 32.9 Å². The third-order valence-corrected chi connectivity index (χ3v) is 3.67. The van der Waals surface area contributed by atoms with Gasteiger partial charge in [-0.05, 0) is 19.5 Å². The lowest BCUT2D eigenvalue weighted by molar-refractivity contribution is 0.232. The molecule has 1 aliphatic rings. The Balaban J connectivity index is 1.99. The highest BCUT2D eigenvalue weighted by Gasteiger charge is 2.26. The molecular formula is C13H22N4O. The molecule has 0 amide bonds. The van der Waals surface area contributed by atoms with E-state index in [1.165, 1.54) is 6.42 Å². The summed E-state index contributed by atoms with van der Waals surface area (Å²) in [5.41, 5.74) is 0.623. The number of hydrogen-bond donors (Lipinski definition) is 1. The van der Waals surface area contributed by atoms with Crippen LogP contribution in [0.2, 0.25) is 0 Å². The van der Waals surface area contributed by atoms with Crippen molar-refractivity contribution in [3.8, 4) is 0 Å². The third-order valence-electron chi connectivity index (χ3n) is 3.67. The maximum Gasteiger partial charge on any atom is 0.147 e. The zero-order chi connectivity index (χ0) is 13.0. The molecule has 18 heavy (non-hydrogen) atoms. The van der Waals surface area contributed by atoms with Crippen LogP contribution in [0.1, 0.15) is 26.0 Å². The summed E-state index contributed by atoms with van der Waals surface area (Å²) in [5.74, 6) is 0.918. The first-order valence-corrected chi connectivity index (χ1v) is 6.69. The van der Waals surface area contributed by atoms with Gasteiger partial charge >= 0.3 is 0 Å². The highest BCUT2D eigenvalue weighted by Crippen LogP contribution is 2.20. The van der Waals surface area contributed by atoms with E-state index >= 15 is 0 Å². The fraction of sp³-hybridized carbons (Fsp3) is 0.692. The van der Waals surface area contributed by atoms with E-state index in [9.17, 15) is 0 Å². The average molecular weight is 250 g/mol. The van der Waals surface area contributed by atoms with E-state index in [1.807, 2.05) is 0 Å². The molecule has 0 spiro atoms. The number of hydrogen-bond acceptors (Lipinski definition) is 5. The van der Waals surface area contributed by atoms with Crippen molar-refractivity contribution in [3.63, 3.8) is 0 Å². The molecule has 0 aliphatic carbocycles. The van der Waals surface area contributed by atoms with Crippen molar-refractivity contribution in [1.82, 2.24) is 14.9 Å². The molecule has 1 aliphatic heterocycles. The minimum atomic E-state index is -0.0463. The molecule has 2 heterocycles. The maximum atomic E-state index is 8.95. The summed E-state index contributed by atoms with van der Waals surface area (Å²) in [6.07, 6.45) is 4.60. The number of nitrogens with zero attached hydrogens (tertiary/aromatic N) is 4. The minimum Gasteiger partial charge on any atom is -0.390 e. The van der Waals surface area contributed by atoms with Crippen molar-refractivity contribution < 1.29 is 5.11 Å². The number of anilines is 1. The smallest absolute Gasteiger partial charge is 0.147 e. The fourth-order valence-electron chi connectivity index (χ4n) is 2.58. The van der Waals surface area contributed by atoms with E-state index in [0.717, 1.165) is 32.0 Å². The summed E-state index contributed by atoms with van der Waals surface area (Å²) in [7, 11) is 0. The van der Waals surface area contributed by atoms with Gasteiger partial charge < -0.3 is 10.0 Å². The Morgan fingerprint density at radius 3 is 2.67 bits per heavy atom. The van der Waals surface area contributed by atoms with E-state index in [1.54, 1.807) is 12.4 Å². The van der Waals surface area contributed by atoms with Crippen LogP contribution in [0.25, 0.3) is 0 Å². The predicted molar refractivity (Wildman–Crippen MR) is 71.5 cm³/mol. The standard InChI is InChI=1S/C13H22N4O/c1-3-16(4-2)12-5-6-17(9-12)13-8-14-11(10-18)7-15-13/h7-8,12,18H,3-6,9-10H2,1-2H3. The summed E-state index contributed by atoms with van der Waals surface area (Å²) < 4.78 is 0. The van der Waals surface area contributed by atoms with E-state index < -0.39 is 0 Å². The number of aliphatic hydroxyl groups excluding tert-OH is 1.